The second-order valence-electron chi connectivity index (χ2n) is 2.85. The van der Waals surface area contributed by atoms with Gasteiger partial charge in [-0.1, -0.05) is 11.6 Å². The van der Waals surface area contributed by atoms with Crippen molar-refractivity contribution in [3.63, 3.8) is 0 Å². The van der Waals surface area contributed by atoms with E-state index in [0.717, 1.165) is 0 Å². The third kappa shape index (κ3) is 2.05. The Morgan fingerprint density at radius 2 is 2.25 bits per heavy atom. The Kier molecular flexibility index (Phi) is 2.88. The molecule has 0 atom stereocenters. The predicted octanol–water partition coefficient (Wildman–Crippen LogP) is 2.59. The van der Waals surface area contributed by atoms with Crippen molar-refractivity contribution in [3.8, 4) is 5.69 Å². The van der Waals surface area contributed by atoms with Crippen LogP contribution >= 0.6 is 27.5 Å². The van der Waals surface area contributed by atoms with Crippen LogP contribution in [-0.2, 0) is 0 Å². The van der Waals surface area contributed by atoms with Gasteiger partial charge in [0.15, 0.2) is 0 Å². The minimum atomic E-state index is -0.538. The molecule has 0 radical (unpaired) electrons. The summed E-state index contributed by atoms with van der Waals surface area (Å²) in [5, 5.41) is 14.6. The summed E-state index contributed by atoms with van der Waals surface area (Å²) in [4.78, 5) is 13.9. The molecule has 0 N–H and O–H groups in total. The van der Waals surface area contributed by atoms with Crippen molar-refractivity contribution in [3.05, 3.63) is 44.4 Å². The Balaban J connectivity index is 2.45. The van der Waals surface area contributed by atoms with Crippen LogP contribution in [0.3, 0.4) is 0 Å². The number of halogens is 2. The van der Waals surface area contributed by atoms with Crippen LogP contribution in [0.15, 0.2) is 29.3 Å². The molecule has 1 aromatic heterocycles. The van der Waals surface area contributed by atoms with Gasteiger partial charge in [-0.15, -0.1) is 5.10 Å². The molecule has 2 rings (SSSR count). The second-order valence-corrected chi connectivity index (χ2v) is 3.97. The van der Waals surface area contributed by atoms with E-state index in [1.54, 1.807) is 6.07 Å². The molecule has 0 aliphatic rings. The highest BCUT2D eigenvalue weighted by Gasteiger charge is 2.13. The molecule has 2 aromatic rings. The molecule has 0 aliphatic carbocycles. The summed E-state index contributed by atoms with van der Waals surface area (Å²) in [6.07, 6.45) is 1.47. The zero-order chi connectivity index (χ0) is 11.7. The van der Waals surface area contributed by atoms with Gasteiger partial charge in [0, 0.05) is 6.07 Å². The van der Waals surface area contributed by atoms with E-state index in [1.807, 2.05) is 0 Å². The van der Waals surface area contributed by atoms with E-state index in [0.29, 0.717) is 10.4 Å². The molecule has 0 fully saturated rings. The Morgan fingerprint density at radius 1 is 1.50 bits per heavy atom. The maximum Gasteiger partial charge on any atom is 0.288 e. The van der Waals surface area contributed by atoms with Gasteiger partial charge in [0.2, 0.25) is 4.73 Å². The minimum Gasteiger partial charge on any atom is -0.258 e. The van der Waals surface area contributed by atoms with E-state index in [4.69, 9.17) is 11.6 Å². The first-order valence-electron chi connectivity index (χ1n) is 4.09. The average molecular weight is 304 g/mol. The van der Waals surface area contributed by atoms with E-state index in [-0.39, 0.29) is 10.7 Å². The third-order valence-corrected chi connectivity index (χ3v) is 2.52. The molecule has 0 saturated heterocycles. The van der Waals surface area contributed by atoms with Gasteiger partial charge < -0.3 is 0 Å². The topological polar surface area (TPSA) is 73.8 Å². The predicted molar refractivity (Wildman–Crippen MR) is 60.7 cm³/mol. The number of benzene rings is 1. The normalized spacial score (nSPS) is 10.4. The zero-order valence-electron chi connectivity index (χ0n) is 7.67. The van der Waals surface area contributed by atoms with Crippen molar-refractivity contribution >= 4 is 33.2 Å². The van der Waals surface area contributed by atoms with Gasteiger partial charge in [-0.2, -0.15) is 0 Å². The number of rotatable bonds is 2. The fourth-order valence-corrected chi connectivity index (χ4v) is 1.66. The molecule has 82 valence electrons. The van der Waals surface area contributed by atoms with Gasteiger partial charge in [-0.05, 0) is 28.1 Å². The highest BCUT2D eigenvalue weighted by atomic mass is 79.9. The summed E-state index contributed by atoms with van der Waals surface area (Å²) in [6, 6.07) is 4.33. The van der Waals surface area contributed by atoms with Crippen LogP contribution in [0.5, 0.6) is 0 Å². The summed E-state index contributed by atoms with van der Waals surface area (Å²) >= 11 is 8.87. The van der Waals surface area contributed by atoms with Gasteiger partial charge in [0.05, 0.1) is 10.6 Å². The molecule has 8 heteroatoms. The first-order chi connectivity index (χ1) is 7.58. The third-order valence-electron chi connectivity index (χ3n) is 1.86. The van der Waals surface area contributed by atoms with Crippen LogP contribution in [0, 0.1) is 10.1 Å². The maximum atomic E-state index is 10.6. The molecule has 16 heavy (non-hydrogen) atoms. The lowest BCUT2D eigenvalue weighted by atomic mass is 10.3. The van der Waals surface area contributed by atoms with Crippen molar-refractivity contribution in [2.45, 2.75) is 0 Å². The lowest BCUT2D eigenvalue weighted by Gasteiger charge is -2.00. The van der Waals surface area contributed by atoms with Gasteiger partial charge in [0.1, 0.15) is 11.3 Å². The summed E-state index contributed by atoms with van der Waals surface area (Å²) in [7, 11) is 0. The van der Waals surface area contributed by atoms with E-state index in [1.165, 1.54) is 23.1 Å². The lowest BCUT2D eigenvalue weighted by Crippen LogP contribution is -1.96. The first-order valence-corrected chi connectivity index (χ1v) is 5.26. The molecule has 1 heterocycles. The molecule has 0 bridgehead atoms. The molecule has 0 saturated carbocycles. The highest BCUT2D eigenvalue weighted by Crippen LogP contribution is 2.26. The zero-order valence-corrected chi connectivity index (χ0v) is 10.0. The molecule has 0 spiro atoms. The van der Waals surface area contributed by atoms with E-state index < -0.39 is 4.92 Å². The number of aromatic nitrogens is 3. The standard InChI is InChI=1S/C8H4BrClN4O2/c9-8-11-4-13(12-8)5-1-2-7(14(15)16)6(10)3-5/h1-4H. The fraction of sp³-hybridized carbons (Fsp3) is 0. The number of nitrogens with zero attached hydrogens (tertiary/aromatic N) is 4. The van der Waals surface area contributed by atoms with E-state index in [9.17, 15) is 10.1 Å². The van der Waals surface area contributed by atoms with Crippen molar-refractivity contribution < 1.29 is 4.92 Å². The van der Waals surface area contributed by atoms with Crippen LogP contribution < -0.4 is 0 Å². The Morgan fingerprint density at radius 3 is 2.75 bits per heavy atom. The SMILES string of the molecule is O=[N+]([O-])c1ccc(-n2cnc(Br)n2)cc1Cl. The van der Waals surface area contributed by atoms with Crippen LogP contribution in [0.25, 0.3) is 5.69 Å². The quantitative estimate of drug-likeness (QED) is 0.631. The number of nitro groups is 1. The monoisotopic (exact) mass is 302 g/mol. The number of hydrogen-bond acceptors (Lipinski definition) is 4. The van der Waals surface area contributed by atoms with Crippen LogP contribution in [0.1, 0.15) is 0 Å². The molecular formula is C8H4BrClN4O2. The van der Waals surface area contributed by atoms with Gasteiger partial charge in [0.25, 0.3) is 5.69 Å². The minimum absolute atomic E-state index is 0.0640. The van der Waals surface area contributed by atoms with Crippen molar-refractivity contribution in [1.82, 2.24) is 14.8 Å². The number of nitro benzene ring substituents is 1. The highest BCUT2D eigenvalue weighted by molar-refractivity contribution is 9.10. The maximum absolute atomic E-state index is 10.6. The Bertz CT molecular complexity index is 557. The summed E-state index contributed by atoms with van der Waals surface area (Å²) < 4.78 is 1.89. The van der Waals surface area contributed by atoms with E-state index >= 15 is 0 Å². The molecule has 1 aromatic carbocycles. The van der Waals surface area contributed by atoms with Crippen LogP contribution in [0.2, 0.25) is 5.02 Å². The summed E-state index contributed by atoms with van der Waals surface area (Å²) in [5.74, 6) is 0. The van der Waals surface area contributed by atoms with Gasteiger partial charge in [-0.25, -0.2) is 9.67 Å². The lowest BCUT2D eigenvalue weighted by molar-refractivity contribution is -0.384. The number of hydrogen-bond donors (Lipinski definition) is 0. The Labute approximate surface area is 103 Å². The Hall–Kier alpha value is -1.47. The van der Waals surface area contributed by atoms with Crippen molar-refractivity contribution in [2.75, 3.05) is 0 Å². The van der Waals surface area contributed by atoms with Crippen molar-refractivity contribution in [2.24, 2.45) is 0 Å². The summed E-state index contributed by atoms with van der Waals surface area (Å²) in [5.41, 5.74) is 0.471. The van der Waals surface area contributed by atoms with Crippen LogP contribution in [-0.4, -0.2) is 19.7 Å². The fourth-order valence-electron chi connectivity index (χ4n) is 1.15. The van der Waals surface area contributed by atoms with E-state index in [2.05, 4.69) is 26.0 Å². The first kappa shape index (κ1) is 11.0. The second kappa shape index (κ2) is 4.18. The largest absolute Gasteiger partial charge is 0.288 e. The smallest absolute Gasteiger partial charge is 0.258 e. The van der Waals surface area contributed by atoms with Crippen LogP contribution in [0.4, 0.5) is 5.69 Å². The molecule has 0 aliphatic heterocycles. The molecular weight excluding hydrogens is 299 g/mol. The molecule has 6 nitrogen and oxygen atoms in total. The van der Waals surface area contributed by atoms with Crippen molar-refractivity contribution in [1.29, 1.82) is 0 Å². The summed E-state index contributed by atoms with van der Waals surface area (Å²) in [6.45, 7) is 0. The molecule has 0 amide bonds. The average Bonchev–Trinajstić information content (AvgIpc) is 2.64. The van der Waals surface area contributed by atoms with Gasteiger partial charge in [-0.3, -0.25) is 10.1 Å². The molecule has 0 unspecified atom stereocenters. The van der Waals surface area contributed by atoms with Gasteiger partial charge >= 0.3 is 0 Å².